The van der Waals surface area contributed by atoms with Crippen LogP contribution in [0.1, 0.15) is 22.5 Å². The molecule has 0 aliphatic carbocycles. The van der Waals surface area contributed by atoms with Crippen molar-refractivity contribution in [2.24, 2.45) is 0 Å². The molecule has 0 spiro atoms. The highest BCUT2D eigenvalue weighted by molar-refractivity contribution is 9.10. The van der Waals surface area contributed by atoms with Crippen molar-refractivity contribution < 1.29 is 66.7 Å². The Hall–Kier alpha value is -10.2. The first-order chi connectivity index (χ1) is 40.7. The lowest BCUT2D eigenvalue weighted by Crippen LogP contribution is -2.18. The van der Waals surface area contributed by atoms with Gasteiger partial charge in [-0.15, -0.1) is 56.9 Å². The average molecular weight is 1260 g/mol. The van der Waals surface area contributed by atoms with Crippen molar-refractivity contribution in [3.05, 3.63) is 165 Å². The number of aromatic amines is 3. The van der Waals surface area contributed by atoms with E-state index in [4.69, 9.17) is 29.3 Å². The fourth-order valence-electron chi connectivity index (χ4n) is 8.37. The van der Waals surface area contributed by atoms with Gasteiger partial charge in [0.1, 0.15) is 28.5 Å². The van der Waals surface area contributed by atoms with Crippen LogP contribution in [0, 0.1) is 24.4 Å². The maximum atomic E-state index is 14.8. The van der Waals surface area contributed by atoms with E-state index in [-0.39, 0.29) is 57.6 Å². The van der Waals surface area contributed by atoms with Crippen LogP contribution in [-0.4, -0.2) is 74.6 Å². The van der Waals surface area contributed by atoms with Crippen LogP contribution in [-0.2, 0) is 19.6 Å². The van der Waals surface area contributed by atoms with Crippen molar-refractivity contribution in [2.75, 3.05) is 16.0 Å². The Labute approximate surface area is 481 Å². The number of aryl methyl sites for hydroxylation is 1. The molecule has 85 heavy (non-hydrogen) atoms. The predicted octanol–water partition coefficient (Wildman–Crippen LogP) is 14.4. The maximum absolute atomic E-state index is 14.8. The van der Waals surface area contributed by atoms with Gasteiger partial charge < -0.3 is 43.1 Å². The van der Waals surface area contributed by atoms with E-state index < -0.39 is 35.9 Å². The van der Waals surface area contributed by atoms with Crippen LogP contribution in [0.5, 0.6) is 11.5 Å². The van der Waals surface area contributed by atoms with Gasteiger partial charge in [-0.2, -0.15) is 15.6 Å². The Kier molecular flexibility index (Phi) is 15.7. The van der Waals surface area contributed by atoms with Gasteiger partial charge in [0.2, 0.25) is 17.5 Å². The summed E-state index contributed by atoms with van der Waals surface area (Å²) >= 11 is 9.34. The van der Waals surface area contributed by atoms with Crippen LogP contribution in [0.2, 0.25) is 5.02 Å². The number of anilines is 3. The van der Waals surface area contributed by atoms with Gasteiger partial charge in [-0.3, -0.25) is 0 Å². The summed E-state index contributed by atoms with van der Waals surface area (Å²) in [5.41, 5.74) is 5.01. The highest BCUT2D eigenvalue weighted by Gasteiger charge is 2.33. The number of halogens is 11. The zero-order valence-corrected chi connectivity index (χ0v) is 45.1. The van der Waals surface area contributed by atoms with Crippen molar-refractivity contribution in [1.82, 2.24) is 61.9 Å². The Balaban J connectivity index is 0.000000133. The normalized spacial score (nSPS) is 11.7. The molecule has 6 aromatic carbocycles. The van der Waals surface area contributed by atoms with Gasteiger partial charge in [-0.25, -0.2) is 13.2 Å². The number of tetrazole rings is 3. The third-order valence-corrected chi connectivity index (χ3v) is 13.0. The monoisotopic (exact) mass is 1260 g/mol. The van der Waals surface area contributed by atoms with Crippen molar-refractivity contribution >= 4 is 88.5 Å². The zero-order valence-electron chi connectivity index (χ0n) is 42.7. The highest BCUT2D eigenvalue weighted by Crippen LogP contribution is 2.36. The molecular formula is C53H34BrClF9N15O6. The molecule has 0 radical (unpaired) electrons. The molecule has 0 unspecified atom stereocenters. The molecule has 0 aliphatic heterocycles. The van der Waals surface area contributed by atoms with E-state index in [1.165, 1.54) is 30.3 Å². The second-order valence-electron chi connectivity index (χ2n) is 18.0. The average Bonchev–Trinajstić information content (AvgIpc) is 3.19. The number of nitrogens with zero attached hydrogens (tertiary/aromatic N) is 9. The molecule has 0 saturated heterocycles. The number of ether oxygens (including phenoxy) is 2. The molecule has 6 N–H and O–H groups in total. The Morgan fingerprint density at radius 1 is 0.506 bits per heavy atom. The fraction of sp³-hybridized carbons (Fsp3) is 0.113. The molecule has 32 heteroatoms. The molecule has 13 rings (SSSR count). The van der Waals surface area contributed by atoms with Crippen molar-refractivity contribution in [1.29, 1.82) is 0 Å². The van der Waals surface area contributed by atoms with E-state index in [2.05, 4.69) is 103 Å². The molecule has 0 fully saturated rings. The van der Waals surface area contributed by atoms with Crippen molar-refractivity contribution in [2.45, 2.75) is 39.3 Å². The number of hydrogen-bond acceptors (Lipinski definition) is 18. The number of benzene rings is 6. The molecule has 434 valence electrons. The summed E-state index contributed by atoms with van der Waals surface area (Å²) in [5.74, 6) is -0.847. The second-order valence-corrected chi connectivity index (χ2v) is 19.3. The van der Waals surface area contributed by atoms with Gasteiger partial charge >= 0.3 is 12.7 Å². The lowest BCUT2D eigenvalue weighted by atomic mass is 10.1. The largest absolute Gasteiger partial charge is 0.573 e. The van der Waals surface area contributed by atoms with E-state index in [1.807, 2.05) is 49.4 Å². The van der Waals surface area contributed by atoms with E-state index >= 15 is 0 Å². The summed E-state index contributed by atoms with van der Waals surface area (Å²) in [6, 6.07) is 29.7. The summed E-state index contributed by atoms with van der Waals surface area (Å²) < 4.78 is 147. The minimum atomic E-state index is -5.00. The van der Waals surface area contributed by atoms with Crippen LogP contribution in [0.4, 0.5) is 56.6 Å². The number of furan rings is 4. The van der Waals surface area contributed by atoms with E-state index in [0.29, 0.717) is 62.1 Å². The van der Waals surface area contributed by atoms with E-state index in [9.17, 15) is 39.5 Å². The molecule has 0 bridgehead atoms. The van der Waals surface area contributed by atoms with Crippen LogP contribution in [0.3, 0.4) is 0 Å². The Morgan fingerprint density at radius 2 is 1.07 bits per heavy atom. The lowest BCUT2D eigenvalue weighted by molar-refractivity contribution is -0.276. The van der Waals surface area contributed by atoms with Gasteiger partial charge in [-0.1, -0.05) is 35.9 Å². The van der Waals surface area contributed by atoms with E-state index in [1.54, 1.807) is 24.3 Å². The van der Waals surface area contributed by atoms with Gasteiger partial charge in [-0.05, 0) is 129 Å². The lowest BCUT2D eigenvalue weighted by Gasteiger charge is -2.13. The first-order valence-electron chi connectivity index (χ1n) is 24.4. The predicted molar refractivity (Wildman–Crippen MR) is 290 cm³/mol. The summed E-state index contributed by atoms with van der Waals surface area (Å²) in [6.45, 7) is 2.54. The molecule has 0 amide bonds. The molecule has 21 nitrogen and oxygen atoms in total. The van der Waals surface area contributed by atoms with Gasteiger partial charge in [0.05, 0.1) is 9.50 Å². The Bertz CT molecular complexity index is 4410. The van der Waals surface area contributed by atoms with Gasteiger partial charge in [0.15, 0.2) is 45.8 Å². The number of hydrogen-bond donors (Lipinski definition) is 6. The third-order valence-electron chi connectivity index (χ3n) is 12.1. The number of alkyl halides is 6. The molecule has 0 aliphatic rings. The maximum Gasteiger partial charge on any atom is 0.573 e. The van der Waals surface area contributed by atoms with Crippen molar-refractivity contribution in [3.8, 4) is 46.3 Å². The molecule has 7 aromatic heterocycles. The third kappa shape index (κ3) is 13.5. The molecule has 0 saturated carbocycles. The molecule has 13 aromatic rings. The number of aromatic nitrogens is 12. The first kappa shape index (κ1) is 56.7. The van der Waals surface area contributed by atoms with Gasteiger partial charge in [0, 0.05) is 75.4 Å². The minimum absolute atomic E-state index is 0.0409. The van der Waals surface area contributed by atoms with Gasteiger partial charge in [0.25, 0.3) is 0 Å². The van der Waals surface area contributed by atoms with E-state index in [0.717, 1.165) is 51.6 Å². The second kappa shape index (κ2) is 23.6. The topological polar surface area (TPSA) is 270 Å². The van der Waals surface area contributed by atoms with Crippen LogP contribution >= 0.6 is 27.5 Å². The number of nitrogens with one attached hydrogen (secondary N) is 6. The SMILES string of the molecule is Cc1cc2cc(NCc3ccc4cc(-c5nn[nH]n5)oc4c3)cc(Cl)c2o1.Fc1c(CNc2ccc(OC(F)(F)F)c(Br)c2)ccc2cc(-c3nn[nH]n3)oc12.Fc1cc2cc(-c3nn[nH]n3)oc2cc1CNc1ccc(OC(F)(F)F)c(F)c1. The van der Waals surface area contributed by atoms with Crippen LogP contribution in [0.25, 0.3) is 78.6 Å². The summed E-state index contributed by atoms with van der Waals surface area (Å²) in [6.07, 6.45) is -9.79. The summed E-state index contributed by atoms with van der Waals surface area (Å²) in [5, 5.41) is 53.0. The molecule has 0 atom stereocenters. The number of rotatable bonds is 14. The molecule has 7 heterocycles. The zero-order chi connectivity index (χ0) is 59.6. The number of H-pyrrole nitrogens is 3. The van der Waals surface area contributed by atoms with Crippen LogP contribution in [0.15, 0.2) is 137 Å². The summed E-state index contributed by atoms with van der Waals surface area (Å²) in [4.78, 5) is 0. The van der Waals surface area contributed by atoms with Crippen LogP contribution < -0.4 is 25.4 Å². The fourth-order valence-corrected chi connectivity index (χ4v) is 9.10. The standard InChI is InChI=1S/C19H14ClN5O2.C17H10BrF4N5O2.C17H10F5N5O2/c1-10-4-13-6-14(8-15(20)18(13)26-10)21-9-11-2-3-12-7-17(27-16(12)5-11)19-22-24-25-23-19;18-11-6-10(3-4-12(11)29-17(20,21)22)23-7-9-2-1-8-5-13(16-24-26-27-25-16)28-15(8)14(9)19;18-11-3-8-4-15(16-24-26-27-25-16)28-14(8)5-9(11)7-23-10-1-2-13(12(19)6-10)29-17(20,21)22/h2-8,21H,9H2,1H3,(H,22,23,24,25);2*1-6,23H,7H2,(H,24,25,26,27). The first-order valence-corrected chi connectivity index (χ1v) is 25.6. The Morgan fingerprint density at radius 3 is 1.69 bits per heavy atom. The summed E-state index contributed by atoms with van der Waals surface area (Å²) in [7, 11) is 0. The molecular weight excluding hydrogens is 1230 g/mol. The smallest absolute Gasteiger partial charge is 0.460 e. The minimum Gasteiger partial charge on any atom is -0.460 e. The number of fused-ring (bicyclic) bond motifs is 4. The quantitative estimate of drug-likeness (QED) is 0.0552. The van der Waals surface area contributed by atoms with Crippen molar-refractivity contribution in [3.63, 3.8) is 0 Å². The highest BCUT2D eigenvalue weighted by atomic mass is 79.9.